The lowest BCUT2D eigenvalue weighted by Gasteiger charge is -2.35. The maximum atomic E-state index is 5.01. The second-order valence-electron chi connectivity index (χ2n) is 7.40. The van der Waals surface area contributed by atoms with Crippen molar-refractivity contribution in [2.24, 2.45) is 5.92 Å². The third-order valence-electron chi connectivity index (χ3n) is 4.63. The van der Waals surface area contributed by atoms with Crippen LogP contribution in [0.25, 0.3) is 0 Å². The van der Waals surface area contributed by atoms with Gasteiger partial charge in [-0.2, -0.15) is 0 Å². The highest BCUT2D eigenvalue weighted by Gasteiger charge is 2.39. The summed E-state index contributed by atoms with van der Waals surface area (Å²) < 4.78 is 0. The summed E-state index contributed by atoms with van der Waals surface area (Å²) in [6.45, 7) is 12.4. The molecule has 1 saturated carbocycles. The highest BCUT2D eigenvalue weighted by molar-refractivity contribution is 7.09. The summed E-state index contributed by atoms with van der Waals surface area (Å²) in [5.41, 5.74) is 1.46. The van der Waals surface area contributed by atoms with Gasteiger partial charge in [0, 0.05) is 10.8 Å². The summed E-state index contributed by atoms with van der Waals surface area (Å²) in [5.74, 6) is 0.744. The molecule has 20 heavy (non-hydrogen) atoms. The fourth-order valence-electron chi connectivity index (χ4n) is 3.14. The summed E-state index contributed by atoms with van der Waals surface area (Å²) in [5, 5.41) is 7.37. The van der Waals surface area contributed by atoms with Crippen LogP contribution in [0.4, 0.5) is 0 Å². The van der Waals surface area contributed by atoms with E-state index in [-0.39, 0.29) is 11.0 Å². The van der Waals surface area contributed by atoms with Gasteiger partial charge in [-0.3, -0.25) is 0 Å². The van der Waals surface area contributed by atoms with Crippen molar-refractivity contribution in [3.8, 4) is 0 Å². The molecule has 1 aliphatic carbocycles. The van der Waals surface area contributed by atoms with E-state index in [9.17, 15) is 0 Å². The Labute approximate surface area is 128 Å². The van der Waals surface area contributed by atoms with E-state index in [0.717, 1.165) is 12.5 Å². The standard InChI is InChI=1S/C17H30N2S/c1-6-11-18-17(5,13-9-7-8-10-13)15-19-14(12-20-15)16(2,3)4/h12-13,18H,6-11H2,1-5H3. The number of nitrogens with zero attached hydrogens (tertiary/aromatic N) is 1. The first-order valence-electron chi connectivity index (χ1n) is 8.09. The minimum atomic E-state index is 0.0701. The van der Waals surface area contributed by atoms with E-state index in [1.165, 1.54) is 42.8 Å². The lowest BCUT2D eigenvalue weighted by atomic mass is 9.84. The Morgan fingerprint density at radius 3 is 2.40 bits per heavy atom. The van der Waals surface area contributed by atoms with Crippen LogP contribution in [-0.4, -0.2) is 11.5 Å². The molecule has 0 spiro atoms. The van der Waals surface area contributed by atoms with Gasteiger partial charge in [-0.25, -0.2) is 4.98 Å². The first-order valence-corrected chi connectivity index (χ1v) is 8.97. The zero-order chi connectivity index (χ0) is 14.8. The van der Waals surface area contributed by atoms with E-state index in [0.29, 0.717) is 0 Å². The highest BCUT2D eigenvalue weighted by Crippen LogP contribution is 2.42. The molecule has 114 valence electrons. The number of hydrogen-bond donors (Lipinski definition) is 1. The van der Waals surface area contributed by atoms with E-state index in [1.807, 2.05) is 11.3 Å². The van der Waals surface area contributed by atoms with Gasteiger partial charge in [0.1, 0.15) is 5.01 Å². The van der Waals surface area contributed by atoms with E-state index in [4.69, 9.17) is 4.98 Å². The predicted octanol–water partition coefficient (Wildman–Crippen LogP) is 4.85. The summed E-state index contributed by atoms with van der Waals surface area (Å²) in [4.78, 5) is 5.01. The first-order chi connectivity index (χ1) is 9.38. The Balaban J connectivity index is 2.28. The van der Waals surface area contributed by atoms with Crippen molar-refractivity contribution >= 4 is 11.3 Å². The van der Waals surface area contributed by atoms with Crippen LogP contribution in [-0.2, 0) is 11.0 Å². The van der Waals surface area contributed by atoms with Crippen LogP contribution in [0, 0.1) is 5.92 Å². The number of nitrogens with one attached hydrogen (secondary N) is 1. The number of rotatable bonds is 5. The molecule has 1 unspecified atom stereocenters. The molecule has 1 aromatic rings. The third kappa shape index (κ3) is 3.25. The molecule has 0 radical (unpaired) electrons. The average molecular weight is 295 g/mol. The van der Waals surface area contributed by atoms with Gasteiger partial charge < -0.3 is 5.32 Å². The second-order valence-corrected chi connectivity index (χ2v) is 8.26. The van der Waals surface area contributed by atoms with Crippen molar-refractivity contribution in [2.75, 3.05) is 6.54 Å². The molecule has 1 atom stereocenters. The van der Waals surface area contributed by atoms with E-state index >= 15 is 0 Å². The predicted molar refractivity (Wildman–Crippen MR) is 88.4 cm³/mol. The normalized spacial score (nSPS) is 20.2. The van der Waals surface area contributed by atoms with Gasteiger partial charge in [0.2, 0.25) is 0 Å². The van der Waals surface area contributed by atoms with Gasteiger partial charge in [-0.1, -0.05) is 40.5 Å². The fraction of sp³-hybridized carbons (Fsp3) is 0.824. The van der Waals surface area contributed by atoms with Gasteiger partial charge in [-0.05, 0) is 38.6 Å². The summed E-state index contributed by atoms with van der Waals surface area (Å²) in [7, 11) is 0. The van der Waals surface area contributed by atoms with Crippen LogP contribution >= 0.6 is 11.3 Å². The maximum Gasteiger partial charge on any atom is 0.113 e. The van der Waals surface area contributed by atoms with Gasteiger partial charge in [0.05, 0.1) is 11.2 Å². The smallest absolute Gasteiger partial charge is 0.113 e. The lowest BCUT2D eigenvalue weighted by Crippen LogP contribution is -2.45. The monoisotopic (exact) mass is 294 g/mol. The highest BCUT2D eigenvalue weighted by atomic mass is 32.1. The molecular formula is C17H30N2S. The molecule has 0 saturated heterocycles. The zero-order valence-electron chi connectivity index (χ0n) is 13.8. The molecule has 2 nitrogen and oxygen atoms in total. The molecule has 0 amide bonds. The molecule has 0 aromatic carbocycles. The molecule has 3 heteroatoms. The fourth-order valence-corrected chi connectivity index (χ4v) is 4.40. The zero-order valence-corrected chi connectivity index (χ0v) is 14.6. The molecular weight excluding hydrogens is 264 g/mol. The molecule has 1 N–H and O–H groups in total. The van der Waals surface area contributed by atoms with Crippen molar-refractivity contribution in [1.29, 1.82) is 0 Å². The van der Waals surface area contributed by atoms with Crippen LogP contribution in [0.5, 0.6) is 0 Å². The molecule has 1 heterocycles. The summed E-state index contributed by atoms with van der Waals surface area (Å²) in [6, 6.07) is 0. The van der Waals surface area contributed by atoms with Gasteiger partial charge in [0.15, 0.2) is 0 Å². The Bertz CT molecular complexity index is 426. The maximum absolute atomic E-state index is 5.01. The molecule has 1 aromatic heterocycles. The number of thiazole rings is 1. The minimum absolute atomic E-state index is 0.0701. The number of aromatic nitrogens is 1. The van der Waals surface area contributed by atoms with Crippen molar-refractivity contribution in [2.45, 2.75) is 77.7 Å². The van der Waals surface area contributed by atoms with Gasteiger partial charge >= 0.3 is 0 Å². The van der Waals surface area contributed by atoms with E-state index in [1.54, 1.807) is 0 Å². The van der Waals surface area contributed by atoms with Crippen molar-refractivity contribution in [3.05, 3.63) is 16.1 Å². The number of hydrogen-bond acceptors (Lipinski definition) is 3. The molecule has 1 aliphatic rings. The van der Waals surface area contributed by atoms with Crippen LogP contribution < -0.4 is 5.32 Å². The quantitative estimate of drug-likeness (QED) is 0.840. The Morgan fingerprint density at radius 2 is 1.90 bits per heavy atom. The average Bonchev–Trinajstić information content (AvgIpc) is 3.04. The van der Waals surface area contributed by atoms with Crippen molar-refractivity contribution in [3.63, 3.8) is 0 Å². The Morgan fingerprint density at radius 1 is 1.25 bits per heavy atom. The topological polar surface area (TPSA) is 24.9 Å². The van der Waals surface area contributed by atoms with Crippen LogP contribution in [0.1, 0.15) is 77.4 Å². The van der Waals surface area contributed by atoms with E-state index in [2.05, 4.69) is 45.3 Å². The Hall–Kier alpha value is -0.410. The van der Waals surface area contributed by atoms with Gasteiger partial charge in [-0.15, -0.1) is 11.3 Å². The third-order valence-corrected chi connectivity index (χ3v) is 5.71. The molecule has 0 bridgehead atoms. The molecule has 2 rings (SSSR count). The summed E-state index contributed by atoms with van der Waals surface area (Å²) in [6.07, 6.45) is 6.63. The van der Waals surface area contributed by atoms with Gasteiger partial charge in [0.25, 0.3) is 0 Å². The summed E-state index contributed by atoms with van der Waals surface area (Å²) >= 11 is 1.85. The van der Waals surface area contributed by atoms with Crippen molar-refractivity contribution in [1.82, 2.24) is 10.3 Å². The molecule has 1 fully saturated rings. The largest absolute Gasteiger partial charge is 0.305 e. The second kappa shape index (κ2) is 6.15. The van der Waals surface area contributed by atoms with Crippen molar-refractivity contribution < 1.29 is 0 Å². The van der Waals surface area contributed by atoms with E-state index < -0.39 is 0 Å². The SMILES string of the molecule is CCCNC(C)(c1nc(C(C)(C)C)cs1)C1CCCC1. The first kappa shape index (κ1) is 16.0. The van der Waals surface area contributed by atoms with Crippen LogP contribution in [0.3, 0.4) is 0 Å². The Kier molecular flexibility index (Phi) is 4.91. The lowest BCUT2D eigenvalue weighted by molar-refractivity contribution is 0.234. The van der Waals surface area contributed by atoms with Crippen LogP contribution in [0.15, 0.2) is 5.38 Å². The van der Waals surface area contributed by atoms with Crippen LogP contribution in [0.2, 0.25) is 0 Å². The minimum Gasteiger partial charge on any atom is -0.305 e. The molecule has 0 aliphatic heterocycles.